The number of benzene rings is 1. The Labute approximate surface area is 110 Å². The SMILES string of the molecule is Cc1cc(C(=O)NCC(C)(C)C(C)C)ccc1N. The van der Waals surface area contributed by atoms with E-state index in [0.29, 0.717) is 23.7 Å². The first-order chi connectivity index (χ1) is 8.24. The third-order valence-electron chi connectivity index (χ3n) is 3.80. The fourth-order valence-corrected chi connectivity index (χ4v) is 1.43. The smallest absolute Gasteiger partial charge is 0.251 e. The van der Waals surface area contributed by atoms with Crippen LogP contribution in [0.1, 0.15) is 43.6 Å². The Morgan fingerprint density at radius 1 is 1.39 bits per heavy atom. The summed E-state index contributed by atoms with van der Waals surface area (Å²) < 4.78 is 0. The zero-order chi connectivity index (χ0) is 13.9. The van der Waals surface area contributed by atoms with Crippen molar-refractivity contribution in [1.29, 1.82) is 0 Å². The Bertz CT molecular complexity index is 436. The Balaban J connectivity index is 2.69. The van der Waals surface area contributed by atoms with Gasteiger partial charge in [-0.25, -0.2) is 0 Å². The number of nitrogens with one attached hydrogen (secondary N) is 1. The summed E-state index contributed by atoms with van der Waals surface area (Å²) in [5, 5.41) is 2.99. The second-order valence-electron chi connectivity index (χ2n) is 5.90. The maximum atomic E-state index is 12.0. The van der Waals surface area contributed by atoms with Gasteiger partial charge in [0.25, 0.3) is 5.91 Å². The number of nitrogens with two attached hydrogens (primary N) is 1. The van der Waals surface area contributed by atoms with Crippen LogP contribution in [-0.4, -0.2) is 12.5 Å². The first kappa shape index (κ1) is 14.6. The first-order valence-corrected chi connectivity index (χ1v) is 6.38. The molecule has 0 saturated carbocycles. The van der Waals surface area contributed by atoms with E-state index < -0.39 is 0 Å². The molecule has 3 heteroatoms. The van der Waals surface area contributed by atoms with Crippen LogP contribution in [-0.2, 0) is 0 Å². The molecular formula is C15H24N2O. The third-order valence-corrected chi connectivity index (χ3v) is 3.80. The van der Waals surface area contributed by atoms with Crippen molar-refractivity contribution < 1.29 is 4.79 Å². The molecule has 1 aromatic rings. The van der Waals surface area contributed by atoms with Crippen molar-refractivity contribution in [2.45, 2.75) is 34.6 Å². The number of amides is 1. The predicted octanol–water partition coefficient (Wildman–Crippen LogP) is 2.99. The van der Waals surface area contributed by atoms with E-state index in [4.69, 9.17) is 5.73 Å². The number of hydrogen-bond acceptors (Lipinski definition) is 2. The summed E-state index contributed by atoms with van der Waals surface area (Å²) in [6.45, 7) is 11.2. The third kappa shape index (κ3) is 3.49. The first-order valence-electron chi connectivity index (χ1n) is 6.38. The largest absolute Gasteiger partial charge is 0.399 e. The van der Waals surface area contributed by atoms with Crippen molar-refractivity contribution in [2.24, 2.45) is 11.3 Å². The average Bonchev–Trinajstić information content (AvgIpc) is 2.29. The molecule has 0 saturated heterocycles. The van der Waals surface area contributed by atoms with Gasteiger partial charge in [0.15, 0.2) is 0 Å². The van der Waals surface area contributed by atoms with Crippen molar-refractivity contribution in [2.75, 3.05) is 12.3 Å². The molecule has 1 amide bonds. The van der Waals surface area contributed by atoms with Crippen LogP contribution in [0.25, 0.3) is 0 Å². The fraction of sp³-hybridized carbons (Fsp3) is 0.533. The summed E-state index contributed by atoms with van der Waals surface area (Å²) in [6.07, 6.45) is 0. The predicted molar refractivity (Wildman–Crippen MR) is 76.5 cm³/mol. The second-order valence-corrected chi connectivity index (χ2v) is 5.90. The van der Waals surface area contributed by atoms with Gasteiger partial charge < -0.3 is 11.1 Å². The Morgan fingerprint density at radius 2 is 2.00 bits per heavy atom. The molecule has 100 valence electrons. The lowest BCUT2D eigenvalue weighted by atomic mass is 9.81. The topological polar surface area (TPSA) is 55.1 Å². The average molecular weight is 248 g/mol. The van der Waals surface area contributed by atoms with Gasteiger partial charge in [-0.1, -0.05) is 27.7 Å². The number of carbonyl (C=O) groups excluding carboxylic acids is 1. The van der Waals surface area contributed by atoms with Gasteiger partial charge in [0.2, 0.25) is 0 Å². The van der Waals surface area contributed by atoms with Crippen LogP contribution in [0.3, 0.4) is 0 Å². The van der Waals surface area contributed by atoms with Gasteiger partial charge in [0.1, 0.15) is 0 Å². The van der Waals surface area contributed by atoms with E-state index in [0.717, 1.165) is 5.56 Å². The molecule has 3 nitrogen and oxygen atoms in total. The standard InChI is InChI=1S/C15H24N2O/c1-10(2)15(4,5)9-17-14(18)12-6-7-13(16)11(3)8-12/h6-8,10H,9,16H2,1-5H3,(H,17,18). The maximum Gasteiger partial charge on any atom is 0.251 e. The zero-order valence-corrected chi connectivity index (χ0v) is 12.0. The lowest BCUT2D eigenvalue weighted by molar-refractivity contribution is 0.0924. The molecule has 0 heterocycles. The normalized spacial score (nSPS) is 11.7. The van der Waals surface area contributed by atoms with Gasteiger partial charge in [-0.3, -0.25) is 4.79 Å². The molecule has 0 aliphatic rings. The number of rotatable bonds is 4. The highest BCUT2D eigenvalue weighted by Gasteiger charge is 2.23. The van der Waals surface area contributed by atoms with Crippen molar-refractivity contribution in [3.63, 3.8) is 0 Å². The van der Waals surface area contributed by atoms with Crippen LogP contribution < -0.4 is 11.1 Å². The Kier molecular flexibility index (Phi) is 4.38. The quantitative estimate of drug-likeness (QED) is 0.805. The fourth-order valence-electron chi connectivity index (χ4n) is 1.43. The van der Waals surface area contributed by atoms with E-state index in [9.17, 15) is 4.79 Å². The van der Waals surface area contributed by atoms with Crippen LogP contribution in [0.5, 0.6) is 0 Å². The number of hydrogen-bond donors (Lipinski definition) is 2. The van der Waals surface area contributed by atoms with Gasteiger partial charge in [0.05, 0.1) is 0 Å². The lowest BCUT2D eigenvalue weighted by Gasteiger charge is -2.29. The summed E-state index contributed by atoms with van der Waals surface area (Å²) in [5.74, 6) is 0.484. The van der Waals surface area contributed by atoms with E-state index in [2.05, 4.69) is 33.0 Å². The number of nitrogen functional groups attached to an aromatic ring is 1. The molecule has 0 atom stereocenters. The summed E-state index contributed by atoms with van der Waals surface area (Å²) in [5.41, 5.74) is 8.16. The van der Waals surface area contributed by atoms with Gasteiger partial charge in [0, 0.05) is 17.8 Å². The summed E-state index contributed by atoms with van der Waals surface area (Å²) in [6, 6.07) is 5.37. The van der Waals surface area contributed by atoms with Gasteiger partial charge >= 0.3 is 0 Å². The Hall–Kier alpha value is -1.51. The van der Waals surface area contributed by atoms with Crippen molar-refractivity contribution in [1.82, 2.24) is 5.32 Å². The zero-order valence-electron chi connectivity index (χ0n) is 12.0. The van der Waals surface area contributed by atoms with E-state index >= 15 is 0 Å². The molecule has 0 aromatic heterocycles. The monoisotopic (exact) mass is 248 g/mol. The summed E-state index contributed by atoms with van der Waals surface area (Å²) >= 11 is 0. The molecule has 0 fully saturated rings. The van der Waals surface area contributed by atoms with E-state index in [-0.39, 0.29) is 11.3 Å². The number of carbonyl (C=O) groups is 1. The van der Waals surface area contributed by atoms with E-state index in [1.165, 1.54) is 0 Å². The van der Waals surface area contributed by atoms with Crippen molar-refractivity contribution in [3.8, 4) is 0 Å². The van der Waals surface area contributed by atoms with Crippen molar-refractivity contribution >= 4 is 11.6 Å². The van der Waals surface area contributed by atoms with Crippen LogP contribution in [0.4, 0.5) is 5.69 Å². The van der Waals surface area contributed by atoms with Crippen LogP contribution in [0, 0.1) is 18.3 Å². The van der Waals surface area contributed by atoms with E-state index in [1.807, 2.05) is 13.0 Å². The highest BCUT2D eigenvalue weighted by atomic mass is 16.1. The maximum absolute atomic E-state index is 12.0. The minimum atomic E-state index is -0.0353. The number of anilines is 1. The Morgan fingerprint density at radius 3 is 2.50 bits per heavy atom. The molecule has 0 spiro atoms. The van der Waals surface area contributed by atoms with Crippen LogP contribution in [0.15, 0.2) is 18.2 Å². The second kappa shape index (κ2) is 5.42. The van der Waals surface area contributed by atoms with Crippen molar-refractivity contribution in [3.05, 3.63) is 29.3 Å². The molecular weight excluding hydrogens is 224 g/mol. The molecule has 1 aromatic carbocycles. The molecule has 3 N–H and O–H groups in total. The highest BCUT2D eigenvalue weighted by Crippen LogP contribution is 2.24. The van der Waals surface area contributed by atoms with Gasteiger partial charge in [-0.15, -0.1) is 0 Å². The van der Waals surface area contributed by atoms with E-state index in [1.54, 1.807) is 12.1 Å². The molecule has 0 unspecified atom stereocenters. The lowest BCUT2D eigenvalue weighted by Crippen LogP contribution is -2.37. The minimum absolute atomic E-state index is 0.0353. The minimum Gasteiger partial charge on any atom is -0.399 e. The van der Waals surface area contributed by atoms with Crippen LogP contribution >= 0.6 is 0 Å². The molecule has 0 aliphatic carbocycles. The van der Waals surface area contributed by atoms with Crippen LogP contribution in [0.2, 0.25) is 0 Å². The molecule has 18 heavy (non-hydrogen) atoms. The summed E-state index contributed by atoms with van der Waals surface area (Å²) in [7, 11) is 0. The van der Waals surface area contributed by atoms with Gasteiger partial charge in [-0.05, 0) is 42.0 Å². The molecule has 0 radical (unpaired) electrons. The number of aryl methyl sites for hydroxylation is 1. The highest BCUT2D eigenvalue weighted by molar-refractivity contribution is 5.94. The summed E-state index contributed by atoms with van der Waals surface area (Å²) in [4.78, 5) is 12.0. The molecule has 0 aliphatic heterocycles. The molecule has 1 rings (SSSR count). The van der Waals surface area contributed by atoms with Gasteiger partial charge in [-0.2, -0.15) is 0 Å². The molecule has 0 bridgehead atoms.